The van der Waals surface area contributed by atoms with Gasteiger partial charge in [0.25, 0.3) is 0 Å². The van der Waals surface area contributed by atoms with Gasteiger partial charge in [-0.3, -0.25) is 4.99 Å². The van der Waals surface area contributed by atoms with E-state index in [1.54, 1.807) is 25.2 Å². The molecule has 25 heavy (non-hydrogen) atoms. The predicted molar refractivity (Wildman–Crippen MR) is 101 cm³/mol. The van der Waals surface area contributed by atoms with Crippen LogP contribution in [0, 0.1) is 5.82 Å². The van der Waals surface area contributed by atoms with Crippen LogP contribution in [0.4, 0.5) is 4.39 Å². The fourth-order valence-corrected chi connectivity index (χ4v) is 3.14. The van der Waals surface area contributed by atoms with E-state index in [1.165, 1.54) is 31.7 Å². The summed E-state index contributed by atoms with van der Waals surface area (Å²) in [4.78, 5) is 6.65. The molecule has 5 nitrogen and oxygen atoms in total. The van der Waals surface area contributed by atoms with Crippen molar-refractivity contribution in [2.45, 2.75) is 44.8 Å². The van der Waals surface area contributed by atoms with Gasteiger partial charge in [0.05, 0.1) is 6.54 Å². The molecule has 1 fully saturated rings. The standard InChI is InChI=1S/C19H31FN4O/c1-15(25-18-11-7-6-10-17(18)20)14-23-19(21-2)22-12-13-24(3)16-8-4-5-9-16/h6-7,10-11,15-16H,4-5,8-9,12-14H2,1-3H3,(H2,21,22,23). The molecule has 0 aliphatic heterocycles. The quantitative estimate of drug-likeness (QED) is 0.559. The van der Waals surface area contributed by atoms with Crippen LogP contribution in [0.5, 0.6) is 5.75 Å². The molecule has 1 saturated carbocycles. The third-order valence-electron chi connectivity index (χ3n) is 4.65. The third-order valence-corrected chi connectivity index (χ3v) is 4.65. The second-order valence-electron chi connectivity index (χ2n) is 6.66. The zero-order valence-electron chi connectivity index (χ0n) is 15.6. The van der Waals surface area contributed by atoms with Crippen LogP contribution in [0.2, 0.25) is 0 Å². The van der Waals surface area contributed by atoms with E-state index in [0.717, 1.165) is 25.1 Å². The highest BCUT2D eigenvalue weighted by Gasteiger charge is 2.18. The Hall–Kier alpha value is -1.82. The Morgan fingerprint density at radius 1 is 1.32 bits per heavy atom. The Morgan fingerprint density at radius 2 is 2.04 bits per heavy atom. The average Bonchev–Trinajstić information content (AvgIpc) is 3.14. The highest BCUT2D eigenvalue weighted by molar-refractivity contribution is 5.79. The molecule has 0 heterocycles. The number of hydrogen-bond donors (Lipinski definition) is 2. The van der Waals surface area contributed by atoms with Crippen LogP contribution in [-0.4, -0.2) is 56.7 Å². The number of nitrogens with one attached hydrogen (secondary N) is 2. The summed E-state index contributed by atoms with van der Waals surface area (Å²) in [5.41, 5.74) is 0. The van der Waals surface area contributed by atoms with Crippen molar-refractivity contribution in [2.75, 3.05) is 33.7 Å². The van der Waals surface area contributed by atoms with Gasteiger partial charge in [0, 0.05) is 26.2 Å². The van der Waals surface area contributed by atoms with Crippen LogP contribution in [-0.2, 0) is 0 Å². The van der Waals surface area contributed by atoms with Crippen molar-refractivity contribution < 1.29 is 9.13 Å². The molecule has 1 atom stereocenters. The molecule has 140 valence electrons. The first-order valence-electron chi connectivity index (χ1n) is 9.16. The minimum atomic E-state index is -0.341. The normalized spacial score (nSPS) is 16.9. The van der Waals surface area contributed by atoms with E-state index < -0.39 is 0 Å². The lowest BCUT2D eigenvalue weighted by atomic mass is 10.2. The average molecular weight is 350 g/mol. The van der Waals surface area contributed by atoms with Crippen LogP contribution in [0.15, 0.2) is 29.3 Å². The molecule has 1 aliphatic rings. The van der Waals surface area contributed by atoms with Gasteiger partial charge in [-0.15, -0.1) is 0 Å². The Balaban J connectivity index is 1.66. The zero-order valence-corrected chi connectivity index (χ0v) is 15.6. The molecule has 1 unspecified atom stereocenters. The van der Waals surface area contributed by atoms with Gasteiger partial charge in [-0.25, -0.2) is 4.39 Å². The highest BCUT2D eigenvalue weighted by Crippen LogP contribution is 2.21. The maximum absolute atomic E-state index is 13.6. The Morgan fingerprint density at radius 3 is 2.72 bits per heavy atom. The minimum Gasteiger partial charge on any atom is -0.486 e. The first kappa shape index (κ1) is 19.5. The van der Waals surface area contributed by atoms with Crippen molar-refractivity contribution in [3.8, 4) is 5.75 Å². The molecular formula is C19H31FN4O. The van der Waals surface area contributed by atoms with Crippen molar-refractivity contribution in [3.63, 3.8) is 0 Å². The SMILES string of the molecule is CN=C(NCCN(C)C1CCCC1)NCC(C)Oc1ccccc1F. The molecule has 6 heteroatoms. The fraction of sp³-hybridized carbons (Fsp3) is 0.632. The summed E-state index contributed by atoms with van der Waals surface area (Å²) in [5.74, 6) is 0.675. The molecule has 0 spiro atoms. The Labute approximate surface area is 150 Å². The molecule has 2 rings (SSSR count). The monoisotopic (exact) mass is 350 g/mol. The maximum Gasteiger partial charge on any atom is 0.191 e. The topological polar surface area (TPSA) is 48.9 Å². The molecular weight excluding hydrogens is 319 g/mol. The lowest BCUT2D eigenvalue weighted by Crippen LogP contribution is -2.45. The molecule has 1 aromatic carbocycles. The van der Waals surface area contributed by atoms with E-state index in [0.29, 0.717) is 6.54 Å². The number of benzene rings is 1. The van der Waals surface area contributed by atoms with E-state index in [-0.39, 0.29) is 17.7 Å². The molecule has 1 aromatic rings. The molecule has 1 aliphatic carbocycles. The maximum atomic E-state index is 13.6. The molecule has 2 N–H and O–H groups in total. The van der Waals surface area contributed by atoms with Crippen molar-refractivity contribution in [3.05, 3.63) is 30.1 Å². The van der Waals surface area contributed by atoms with E-state index >= 15 is 0 Å². The second kappa shape index (κ2) is 10.2. The van der Waals surface area contributed by atoms with Gasteiger partial charge in [0.2, 0.25) is 0 Å². The van der Waals surface area contributed by atoms with Crippen molar-refractivity contribution in [1.29, 1.82) is 0 Å². The summed E-state index contributed by atoms with van der Waals surface area (Å²) in [6.07, 6.45) is 5.16. The Kier molecular flexibility index (Phi) is 7.98. The van der Waals surface area contributed by atoms with Gasteiger partial charge in [-0.1, -0.05) is 25.0 Å². The highest BCUT2D eigenvalue weighted by atomic mass is 19.1. The summed E-state index contributed by atoms with van der Waals surface area (Å²) >= 11 is 0. The zero-order chi connectivity index (χ0) is 18.1. The first-order valence-corrected chi connectivity index (χ1v) is 9.16. The van der Waals surface area contributed by atoms with Gasteiger partial charge in [-0.2, -0.15) is 0 Å². The van der Waals surface area contributed by atoms with Gasteiger partial charge < -0.3 is 20.3 Å². The van der Waals surface area contributed by atoms with E-state index in [1.807, 2.05) is 6.92 Å². The predicted octanol–water partition coefficient (Wildman–Crippen LogP) is 2.63. The van der Waals surface area contributed by atoms with Crippen LogP contribution in [0.1, 0.15) is 32.6 Å². The minimum absolute atomic E-state index is 0.170. The number of halogens is 1. The molecule has 0 saturated heterocycles. The van der Waals surface area contributed by atoms with E-state index in [9.17, 15) is 4.39 Å². The second-order valence-corrected chi connectivity index (χ2v) is 6.66. The number of rotatable bonds is 8. The number of ether oxygens (including phenoxy) is 1. The van der Waals surface area contributed by atoms with Gasteiger partial charge >= 0.3 is 0 Å². The van der Waals surface area contributed by atoms with Crippen LogP contribution >= 0.6 is 0 Å². The smallest absolute Gasteiger partial charge is 0.191 e. The van der Waals surface area contributed by atoms with Gasteiger partial charge in [-0.05, 0) is 38.9 Å². The largest absolute Gasteiger partial charge is 0.486 e. The van der Waals surface area contributed by atoms with Gasteiger partial charge in [0.1, 0.15) is 6.10 Å². The number of guanidine groups is 1. The fourth-order valence-electron chi connectivity index (χ4n) is 3.14. The van der Waals surface area contributed by atoms with Gasteiger partial charge in [0.15, 0.2) is 17.5 Å². The summed E-state index contributed by atoms with van der Waals surface area (Å²) in [6, 6.07) is 7.18. The number of para-hydroxylation sites is 1. The molecule has 0 amide bonds. The third kappa shape index (κ3) is 6.53. The number of hydrogen-bond acceptors (Lipinski definition) is 3. The summed E-state index contributed by atoms with van der Waals surface area (Å²) in [7, 11) is 3.94. The summed E-state index contributed by atoms with van der Waals surface area (Å²) < 4.78 is 19.2. The van der Waals surface area contributed by atoms with E-state index in [4.69, 9.17) is 4.74 Å². The first-order chi connectivity index (χ1) is 12.1. The van der Waals surface area contributed by atoms with Crippen LogP contribution in [0.25, 0.3) is 0 Å². The lowest BCUT2D eigenvalue weighted by molar-refractivity contribution is 0.213. The van der Waals surface area contributed by atoms with E-state index in [2.05, 4.69) is 27.6 Å². The molecule has 0 bridgehead atoms. The van der Waals surface area contributed by atoms with Crippen molar-refractivity contribution >= 4 is 5.96 Å². The number of aliphatic imine (C=N–C) groups is 1. The van der Waals surface area contributed by atoms with Crippen LogP contribution in [0.3, 0.4) is 0 Å². The summed E-state index contributed by atoms with van der Waals surface area (Å²) in [6.45, 7) is 4.29. The number of nitrogens with zero attached hydrogens (tertiary/aromatic N) is 2. The number of likely N-dealkylation sites (N-methyl/N-ethyl adjacent to an activating group) is 1. The van der Waals surface area contributed by atoms with Crippen LogP contribution < -0.4 is 15.4 Å². The lowest BCUT2D eigenvalue weighted by Gasteiger charge is -2.24. The summed E-state index contributed by atoms with van der Waals surface area (Å²) in [5, 5.41) is 6.55. The molecule has 0 radical (unpaired) electrons. The van der Waals surface area contributed by atoms with Crippen molar-refractivity contribution in [2.24, 2.45) is 4.99 Å². The Bertz CT molecular complexity index is 546. The molecule has 0 aromatic heterocycles. The van der Waals surface area contributed by atoms with Crippen molar-refractivity contribution in [1.82, 2.24) is 15.5 Å².